The quantitative estimate of drug-likeness (QED) is 0.747. The van der Waals surface area contributed by atoms with Gasteiger partial charge in [-0.1, -0.05) is 12.1 Å². The first-order chi connectivity index (χ1) is 9.24. The molecule has 1 heterocycles. The fraction of sp³-hybridized carbons (Fsp3) is 0.231. The number of rotatable bonds is 5. The standard InChI is InChI=1S/C13H16N4O2/c1-19-12(8-14)13(18)16-10-4-2-9(3-5-10)11-6-7-15-17-11/h2-7,12H,8,14H2,1H3,(H,15,17)(H,16,18). The number of hydrogen-bond acceptors (Lipinski definition) is 4. The predicted molar refractivity (Wildman–Crippen MR) is 72.5 cm³/mol. The van der Waals surface area contributed by atoms with Crippen LogP contribution in [0.3, 0.4) is 0 Å². The Morgan fingerprint density at radius 3 is 2.68 bits per heavy atom. The number of nitrogens with two attached hydrogens (primary N) is 1. The lowest BCUT2D eigenvalue weighted by atomic mass is 10.1. The zero-order valence-corrected chi connectivity index (χ0v) is 10.6. The normalized spacial score (nSPS) is 12.1. The number of aromatic amines is 1. The maximum atomic E-state index is 11.8. The van der Waals surface area contributed by atoms with E-state index in [9.17, 15) is 4.79 Å². The molecule has 19 heavy (non-hydrogen) atoms. The van der Waals surface area contributed by atoms with Crippen molar-refractivity contribution in [2.45, 2.75) is 6.10 Å². The first-order valence-corrected chi connectivity index (χ1v) is 5.88. The Morgan fingerprint density at radius 1 is 1.42 bits per heavy atom. The summed E-state index contributed by atoms with van der Waals surface area (Å²) in [6.45, 7) is 0.147. The van der Waals surface area contributed by atoms with Gasteiger partial charge in [-0.15, -0.1) is 0 Å². The average Bonchev–Trinajstić information content (AvgIpc) is 2.95. The maximum Gasteiger partial charge on any atom is 0.254 e. The van der Waals surface area contributed by atoms with E-state index in [1.54, 1.807) is 6.20 Å². The number of hydrogen-bond donors (Lipinski definition) is 3. The van der Waals surface area contributed by atoms with Crippen LogP contribution in [-0.4, -0.2) is 35.9 Å². The Bertz CT molecular complexity index is 518. The number of anilines is 1. The van der Waals surface area contributed by atoms with Crippen molar-refractivity contribution in [1.29, 1.82) is 0 Å². The van der Waals surface area contributed by atoms with Gasteiger partial charge in [0, 0.05) is 25.5 Å². The molecule has 0 aliphatic rings. The van der Waals surface area contributed by atoms with Crippen LogP contribution in [0.5, 0.6) is 0 Å². The molecule has 1 amide bonds. The summed E-state index contributed by atoms with van der Waals surface area (Å²) in [5.41, 5.74) is 8.05. The highest BCUT2D eigenvalue weighted by Crippen LogP contribution is 2.18. The molecule has 0 radical (unpaired) electrons. The molecule has 4 N–H and O–H groups in total. The van der Waals surface area contributed by atoms with Crippen molar-refractivity contribution in [2.75, 3.05) is 19.0 Å². The van der Waals surface area contributed by atoms with Gasteiger partial charge in [-0.25, -0.2) is 0 Å². The molecule has 100 valence electrons. The van der Waals surface area contributed by atoms with Crippen LogP contribution in [0.25, 0.3) is 11.3 Å². The number of ether oxygens (including phenoxy) is 1. The van der Waals surface area contributed by atoms with Crippen LogP contribution in [0.4, 0.5) is 5.69 Å². The molecular formula is C13H16N4O2. The summed E-state index contributed by atoms with van der Waals surface area (Å²) < 4.78 is 4.97. The number of benzene rings is 1. The number of nitrogens with zero attached hydrogens (tertiary/aromatic N) is 1. The molecule has 2 aromatic rings. The zero-order chi connectivity index (χ0) is 13.7. The van der Waals surface area contributed by atoms with Crippen molar-refractivity contribution in [2.24, 2.45) is 5.73 Å². The molecular weight excluding hydrogens is 244 g/mol. The van der Waals surface area contributed by atoms with Crippen LogP contribution in [0.15, 0.2) is 36.5 Å². The summed E-state index contributed by atoms with van der Waals surface area (Å²) in [5, 5.41) is 9.51. The molecule has 1 aromatic heterocycles. The molecule has 1 atom stereocenters. The Hall–Kier alpha value is -2.18. The lowest BCUT2D eigenvalue weighted by Crippen LogP contribution is -2.35. The smallest absolute Gasteiger partial charge is 0.254 e. The summed E-state index contributed by atoms with van der Waals surface area (Å²) in [4.78, 5) is 11.8. The van der Waals surface area contributed by atoms with Crippen molar-refractivity contribution in [3.63, 3.8) is 0 Å². The van der Waals surface area contributed by atoms with Crippen molar-refractivity contribution < 1.29 is 9.53 Å². The molecule has 0 aliphatic carbocycles. The summed E-state index contributed by atoms with van der Waals surface area (Å²) >= 11 is 0. The van der Waals surface area contributed by atoms with E-state index in [2.05, 4.69) is 15.5 Å². The monoisotopic (exact) mass is 260 g/mol. The molecule has 6 heteroatoms. The first kappa shape index (κ1) is 13.3. The molecule has 1 unspecified atom stereocenters. The van der Waals surface area contributed by atoms with E-state index >= 15 is 0 Å². The Labute approximate surface area is 111 Å². The molecule has 0 spiro atoms. The lowest BCUT2D eigenvalue weighted by molar-refractivity contribution is -0.125. The fourth-order valence-corrected chi connectivity index (χ4v) is 1.68. The highest BCUT2D eigenvalue weighted by Gasteiger charge is 2.15. The number of carbonyl (C=O) groups excluding carboxylic acids is 1. The van der Waals surface area contributed by atoms with E-state index in [0.717, 1.165) is 11.3 Å². The van der Waals surface area contributed by atoms with Crippen LogP contribution in [-0.2, 0) is 9.53 Å². The van der Waals surface area contributed by atoms with Crippen LogP contribution < -0.4 is 11.1 Å². The second kappa shape index (κ2) is 6.12. The number of aromatic nitrogens is 2. The predicted octanol–water partition coefficient (Wildman–Crippen LogP) is 0.989. The van der Waals surface area contributed by atoms with Gasteiger partial charge in [0.2, 0.25) is 0 Å². The van der Waals surface area contributed by atoms with Crippen LogP contribution in [0, 0.1) is 0 Å². The molecule has 0 saturated carbocycles. The van der Waals surface area contributed by atoms with Crippen LogP contribution in [0.1, 0.15) is 0 Å². The molecule has 2 rings (SSSR count). The second-order valence-electron chi connectivity index (χ2n) is 4.00. The largest absolute Gasteiger partial charge is 0.370 e. The lowest BCUT2D eigenvalue weighted by Gasteiger charge is -2.13. The highest BCUT2D eigenvalue weighted by atomic mass is 16.5. The summed E-state index contributed by atoms with van der Waals surface area (Å²) in [5.74, 6) is -0.251. The summed E-state index contributed by atoms with van der Waals surface area (Å²) in [7, 11) is 1.46. The van der Waals surface area contributed by atoms with Gasteiger partial charge in [0.15, 0.2) is 0 Å². The van der Waals surface area contributed by atoms with E-state index in [0.29, 0.717) is 5.69 Å². The van der Waals surface area contributed by atoms with Crippen molar-refractivity contribution in [3.8, 4) is 11.3 Å². The van der Waals surface area contributed by atoms with Crippen LogP contribution >= 0.6 is 0 Å². The van der Waals surface area contributed by atoms with Crippen molar-refractivity contribution in [3.05, 3.63) is 36.5 Å². The minimum atomic E-state index is -0.632. The number of methoxy groups -OCH3 is 1. The van der Waals surface area contributed by atoms with Gasteiger partial charge in [-0.3, -0.25) is 9.89 Å². The minimum absolute atomic E-state index is 0.147. The Morgan fingerprint density at radius 2 is 2.16 bits per heavy atom. The minimum Gasteiger partial charge on any atom is -0.370 e. The van der Waals surface area contributed by atoms with Gasteiger partial charge in [-0.2, -0.15) is 5.10 Å². The highest BCUT2D eigenvalue weighted by molar-refractivity contribution is 5.94. The number of H-pyrrole nitrogens is 1. The Balaban J connectivity index is 2.05. The molecule has 0 aliphatic heterocycles. The topological polar surface area (TPSA) is 93.0 Å². The molecule has 0 fully saturated rings. The Kier molecular flexibility index (Phi) is 4.27. The molecule has 6 nitrogen and oxygen atoms in total. The van der Waals surface area contributed by atoms with E-state index in [-0.39, 0.29) is 12.5 Å². The molecule has 0 saturated heterocycles. The van der Waals surface area contributed by atoms with Gasteiger partial charge >= 0.3 is 0 Å². The van der Waals surface area contributed by atoms with Crippen molar-refractivity contribution >= 4 is 11.6 Å². The van der Waals surface area contributed by atoms with E-state index in [1.807, 2.05) is 30.3 Å². The van der Waals surface area contributed by atoms with Gasteiger partial charge in [-0.05, 0) is 23.8 Å². The third-order valence-electron chi connectivity index (χ3n) is 2.76. The average molecular weight is 260 g/mol. The molecule has 1 aromatic carbocycles. The SMILES string of the molecule is COC(CN)C(=O)Nc1ccc(-c2ccn[nH]2)cc1. The van der Waals surface area contributed by atoms with Gasteiger partial charge in [0.25, 0.3) is 5.91 Å². The number of carbonyl (C=O) groups is 1. The third-order valence-corrected chi connectivity index (χ3v) is 2.76. The van der Waals surface area contributed by atoms with Gasteiger partial charge in [0.1, 0.15) is 6.10 Å². The number of amides is 1. The van der Waals surface area contributed by atoms with E-state index in [1.165, 1.54) is 7.11 Å². The van der Waals surface area contributed by atoms with Gasteiger partial charge < -0.3 is 15.8 Å². The van der Waals surface area contributed by atoms with E-state index < -0.39 is 6.10 Å². The second-order valence-corrected chi connectivity index (χ2v) is 4.00. The third kappa shape index (κ3) is 3.18. The maximum absolute atomic E-state index is 11.8. The van der Waals surface area contributed by atoms with Crippen molar-refractivity contribution in [1.82, 2.24) is 10.2 Å². The van der Waals surface area contributed by atoms with E-state index in [4.69, 9.17) is 10.5 Å². The molecule has 0 bridgehead atoms. The fourth-order valence-electron chi connectivity index (χ4n) is 1.68. The number of nitrogens with one attached hydrogen (secondary N) is 2. The summed E-state index contributed by atoms with van der Waals surface area (Å²) in [6.07, 6.45) is 1.06. The zero-order valence-electron chi connectivity index (χ0n) is 10.6. The van der Waals surface area contributed by atoms with Crippen LogP contribution in [0.2, 0.25) is 0 Å². The summed E-state index contributed by atoms with van der Waals surface area (Å²) in [6, 6.07) is 9.30. The van der Waals surface area contributed by atoms with Gasteiger partial charge in [0.05, 0.1) is 5.69 Å². The first-order valence-electron chi connectivity index (χ1n) is 5.88.